The van der Waals surface area contributed by atoms with Crippen molar-refractivity contribution in [2.75, 3.05) is 31.7 Å². The highest BCUT2D eigenvalue weighted by Crippen LogP contribution is 2.27. The van der Waals surface area contributed by atoms with Crippen LogP contribution in [0.4, 0.5) is 5.69 Å². The number of nitrogens with zero attached hydrogens (tertiary/aromatic N) is 2. The fraction of sp³-hybridized carbons (Fsp3) is 0.318. The van der Waals surface area contributed by atoms with Crippen molar-refractivity contribution in [1.82, 2.24) is 20.2 Å². The van der Waals surface area contributed by atoms with E-state index in [1.165, 1.54) is 11.8 Å². The van der Waals surface area contributed by atoms with Crippen molar-refractivity contribution in [1.29, 1.82) is 0 Å². The molecule has 2 amide bonds. The number of rotatable bonds is 9. The second-order valence-corrected chi connectivity index (χ2v) is 8.68. The number of thioether (sulfide) groups is 1. The summed E-state index contributed by atoms with van der Waals surface area (Å²) < 4.78 is 0. The number of hydrogen-bond donors (Lipinski definition) is 3. The number of para-hydroxylation sites is 2. The van der Waals surface area contributed by atoms with Gasteiger partial charge in [0.25, 0.3) is 0 Å². The Kier molecular flexibility index (Phi) is 7.48. The lowest BCUT2D eigenvalue weighted by Gasteiger charge is -2.12. The van der Waals surface area contributed by atoms with Gasteiger partial charge in [0.2, 0.25) is 11.8 Å². The van der Waals surface area contributed by atoms with Gasteiger partial charge < -0.3 is 20.5 Å². The number of carbonyl (C=O) groups is 2. The average Bonchev–Trinajstić information content (AvgIpc) is 3.14. The van der Waals surface area contributed by atoms with E-state index < -0.39 is 0 Å². The third kappa shape index (κ3) is 6.33. The first kappa shape index (κ1) is 21.9. The van der Waals surface area contributed by atoms with E-state index in [0.29, 0.717) is 18.8 Å². The largest absolute Gasteiger partial charge is 0.351 e. The lowest BCUT2D eigenvalue weighted by molar-refractivity contribution is -0.119. The van der Waals surface area contributed by atoms with Crippen LogP contribution in [0.25, 0.3) is 11.0 Å². The highest BCUT2D eigenvalue weighted by Gasteiger charge is 2.13. The summed E-state index contributed by atoms with van der Waals surface area (Å²) in [6.07, 6.45) is 0. The van der Waals surface area contributed by atoms with Crippen molar-refractivity contribution in [3.05, 3.63) is 59.9 Å². The molecule has 1 unspecified atom stereocenters. The van der Waals surface area contributed by atoms with E-state index in [0.717, 1.165) is 28.1 Å². The summed E-state index contributed by atoms with van der Waals surface area (Å²) in [6.45, 7) is 2.77. The number of fused-ring (bicyclic) bond motifs is 1. The molecular formula is C22H27N5O2S. The lowest BCUT2D eigenvalue weighted by atomic mass is 10.2. The van der Waals surface area contributed by atoms with E-state index in [9.17, 15) is 9.59 Å². The number of anilines is 1. The number of aromatic amines is 1. The molecule has 0 bridgehead atoms. The predicted molar refractivity (Wildman–Crippen MR) is 122 cm³/mol. The van der Waals surface area contributed by atoms with E-state index in [4.69, 9.17) is 0 Å². The Bertz CT molecular complexity index is 984. The van der Waals surface area contributed by atoms with Crippen molar-refractivity contribution >= 4 is 40.3 Å². The fourth-order valence-electron chi connectivity index (χ4n) is 2.94. The number of nitrogens with one attached hydrogen (secondary N) is 3. The number of imidazole rings is 1. The molecule has 0 aliphatic rings. The van der Waals surface area contributed by atoms with E-state index in [1.807, 2.05) is 74.4 Å². The molecule has 1 heterocycles. The molecule has 0 aliphatic carbocycles. The predicted octanol–water partition coefficient (Wildman–Crippen LogP) is 3.17. The molecule has 7 nitrogen and oxygen atoms in total. The number of benzene rings is 2. The third-order valence-corrected chi connectivity index (χ3v) is 5.57. The summed E-state index contributed by atoms with van der Waals surface area (Å²) in [5.41, 5.74) is 3.59. The Labute approximate surface area is 180 Å². The third-order valence-electron chi connectivity index (χ3n) is 4.42. The van der Waals surface area contributed by atoms with Crippen molar-refractivity contribution in [3.63, 3.8) is 0 Å². The number of aromatic nitrogens is 2. The lowest BCUT2D eigenvalue weighted by Crippen LogP contribution is -2.27. The molecule has 30 heavy (non-hydrogen) atoms. The molecule has 0 spiro atoms. The van der Waals surface area contributed by atoms with Crippen LogP contribution >= 0.6 is 11.8 Å². The second-order valence-electron chi connectivity index (χ2n) is 7.36. The summed E-state index contributed by atoms with van der Waals surface area (Å²) in [5.74, 6) is 1.11. The maximum Gasteiger partial charge on any atom is 0.238 e. The molecule has 1 aromatic heterocycles. The van der Waals surface area contributed by atoms with E-state index >= 15 is 0 Å². The van der Waals surface area contributed by atoms with Gasteiger partial charge in [-0.15, -0.1) is 11.8 Å². The van der Waals surface area contributed by atoms with Crippen LogP contribution in [0.1, 0.15) is 23.6 Å². The van der Waals surface area contributed by atoms with Gasteiger partial charge in [0.1, 0.15) is 5.82 Å². The molecule has 0 saturated carbocycles. The minimum absolute atomic E-state index is 0.0370. The first-order valence-corrected chi connectivity index (χ1v) is 10.8. The minimum atomic E-state index is -0.0721. The van der Waals surface area contributed by atoms with Crippen LogP contribution in [-0.2, 0) is 16.1 Å². The van der Waals surface area contributed by atoms with Crippen molar-refractivity contribution in [2.45, 2.75) is 18.7 Å². The normalized spacial score (nSPS) is 12.1. The average molecular weight is 426 g/mol. The molecule has 0 fully saturated rings. The molecule has 158 valence electrons. The minimum Gasteiger partial charge on any atom is -0.351 e. The number of hydrogen-bond acceptors (Lipinski definition) is 5. The number of likely N-dealkylation sites (N-methyl/N-ethyl adjacent to an activating group) is 1. The van der Waals surface area contributed by atoms with Gasteiger partial charge in [-0.05, 0) is 50.8 Å². The Morgan fingerprint density at radius 3 is 2.70 bits per heavy atom. The first-order valence-electron chi connectivity index (χ1n) is 9.77. The molecule has 0 saturated heterocycles. The molecule has 2 aromatic carbocycles. The molecule has 0 radical (unpaired) electrons. The van der Waals surface area contributed by atoms with Gasteiger partial charge in [0.05, 0.1) is 28.6 Å². The van der Waals surface area contributed by atoms with Crippen molar-refractivity contribution in [3.8, 4) is 0 Å². The maximum absolute atomic E-state index is 12.3. The topological polar surface area (TPSA) is 90.1 Å². The van der Waals surface area contributed by atoms with Crippen LogP contribution in [0.5, 0.6) is 0 Å². The monoisotopic (exact) mass is 425 g/mol. The second kappa shape index (κ2) is 10.3. The Morgan fingerprint density at radius 1 is 1.13 bits per heavy atom. The van der Waals surface area contributed by atoms with E-state index in [2.05, 4.69) is 20.6 Å². The number of carbonyl (C=O) groups excluding carboxylic acids is 2. The molecule has 3 rings (SSSR count). The van der Waals surface area contributed by atoms with Crippen LogP contribution in [0.15, 0.2) is 48.5 Å². The standard InChI is InChI=1S/C22H27N5O2S/c1-15(22-25-18-9-4-5-10-19(18)26-22)30-14-21(29)23-12-16-7-6-8-17(11-16)24-20(28)13-27(2)3/h4-11,15H,12-14H2,1-3H3,(H,23,29)(H,24,28)(H,25,26). The van der Waals surface area contributed by atoms with E-state index in [1.54, 1.807) is 0 Å². The van der Waals surface area contributed by atoms with Crippen LogP contribution in [0.3, 0.4) is 0 Å². The van der Waals surface area contributed by atoms with Gasteiger partial charge in [-0.25, -0.2) is 4.98 Å². The zero-order valence-corrected chi connectivity index (χ0v) is 18.3. The van der Waals surface area contributed by atoms with Crippen molar-refractivity contribution in [2.24, 2.45) is 0 Å². The van der Waals surface area contributed by atoms with Crippen LogP contribution in [-0.4, -0.2) is 53.1 Å². The van der Waals surface area contributed by atoms with Crippen molar-refractivity contribution < 1.29 is 9.59 Å². The zero-order valence-electron chi connectivity index (χ0n) is 17.4. The highest BCUT2D eigenvalue weighted by atomic mass is 32.2. The van der Waals surface area contributed by atoms with Gasteiger partial charge >= 0.3 is 0 Å². The fourth-order valence-corrected chi connectivity index (χ4v) is 3.72. The summed E-state index contributed by atoms with van der Waals surface area (Å²) >= 11 is 1.54. The molecular weight excluding hydrogens is 398 g/mol. The van der Waals surface area contributed by atoms with Crippen LogP contribution in [0, 0.1) is 0 Å². The SMILES string of the molecule is CC(SCC(=O)NCc1cccc(NC(=O)CN(C)C)c1)c1nc2ccccc2[nH]1. The Hall–Kier alpha value is -2.84. The Balaban J connectivity index is 1.46. The molecule has 3 N–H and O–H groups in total. The molecule has 0 aliphatic heterocycles. The molecule has 1 atom stereocenters. The first-order chi connectivity index (χ1) is 14.4. The quantitative estimate of drug-likeness (QED) is 0.490. The Morgan fingerprint density at radius 2 is 1.93 bits per heavy atom. The molecule has 3 aromatic rings. The smallest absolute Gasteiger partial charge is 0.238 e. The van der Waals surface area contributed by atoms with E-state index in [-0.39, 0.29) is 17.1 Å². The van der Waals surface area contributed by atoms with Gasteiger partial charge in [-0.2, -0.15) is 0 Å². The number of amides is 2. The van der Waals surface area contributed by atoms with Crippen LogP contribution < -0.4 is 10.6 Å². The van der Waals surface area contributed by atoms with Gasteiger partial charge in [0.15, 0.2) is 0 Å². The summed E-state index contributed by atoms with van der Waals surface area (Å²) in [4.78, 5) is 33.9. The molecule has 8 heteroatoms. The van der Waals surface area contributed by atoms with Gasteiger partial charge in [-0.1, -0.05) is 24.3 Å². The zero-order chi connectivity index (χ0) is 21.5. The highest BCUT2D eigenvalue weighted by molar-refractivity contribution is 8.00. The van der Waals surface area contributed by atoms with Gasteiger partial charge in [-0.3, -0.25) is 9.59 Å². The van der Waals surface area contributed by atoms with Crippen LogP contribution in [0.2, 0.25) is 0 Å². The van der Waals surface area contributed by atoms with Gasteiger partial charge in [0, 0.05) is 12.2 Å². The summed E-state index contributed by atoms with van der Waals surface area (Å²) in [5, 5.41) is 5.88. The summed E-state index contributed by atoms with van der Waals surface area (Å²) in [7, 11) is 3.69. The number of H-pyrrole nitrogens is 1. The summed E-state index contributed by atoms with van der Waals surface area (Å²) in [6, 6.07) is 15.4. The maximum atomic E-state index is 12.3.